The molecule has 0 spiro atoms. The Morgan fingerprint density at radius 2 is 1.93 bits per heavy atom. The highest BCUT2D eigenvalue weighted by atomic mass is 32.2. The van der Waals surface area contributed by atoms with Crippen LogP contribution in [0, 0.1) is 17.8 Å². The maximum Gasteiger partial charge on any atom is 0.303 e. The minimum Gasteiger partial charge on any atom is -0.497 e. The maximum absolute atomic E-state index is 12.9. The summed E-state index contributed by atoms with van der Waals surface area (Å²) in [5.74, 6) is 1.14. The first kappa shape index (κ1) is 20.9. The molecule has 0 aromatic heterocycles. The number of nitrogens with one attached hydrogen (secondary N) is 1. The number of fused-ring (bicyclic) bond motifs is 2. The molecule has 7 heteroatoms. The van der Waals surface area contributed by atoms with E-state index in [9.17, 15) is 13.2 Å². The second kappa shape index (κ2) is 9.09. The van der Waals surface area contributed by atoms with Gasteiger partial charge in [-0.3, -0.25) is 4.79 Å². The van der Waals surface area contributed by atoms with Gasteiger partial charge in [0.1, 0.15) is 5.75 Å². The second-order valence-corrected chi connectivity index (χ2v) is 9.53. The van der Waals surface area contributed by atoms with Gasteiger partial charge in [-0.1, -0.05) is 12.2 Å². The van der Waals surface area contributed by atoms with E-state index in [0.29, 0.717) is 29.9 Å². The number of ether oxygens (including phenoxy) is 1. The molecule has 1 aromatic carbocycles. The van der Waals surface area contributed by atoms with Crippen LogP contribution in [0.4, 0.5) is 0 Å². The summed E-state index contributed by atoms with van der Waals surface area (Å²) in [6.45, 7) is 0. The van der Waals surface area contributed by atoms with Gasteiger partial charge in [0.05, 0.1) is 12.0 Å². The summed E-state index contributed by atoms with van der Waals surface area (Å²) in [6, 6.07) is 6.44. The van der Waals surface area contributed by atoms with Gasteiger partial charge in [-0.2, -0.15) is 0 Å². The number of carboxylic acids is 1. The molecule has 0 heterocycles. The van der Waals surface area contributed by atoms with Gasteiger partial charge in [0, 0.05) is 12.5 Å². The number of benzene rings is 1. The number of carboxylic acid groups (broad SMARTS) is 1. The molecular formula is C21H29NO5S. The lowest BCUT2D eigenvalue weighted by Gasteiger charge is -2.31. The number of rotatable bonds is 10. The zero-order valence-corrected chi connectivity index (χ0v) is 17.0. The maximum atomic E-state index is 12.9. The third-order valence-electron chi connectivity index (χ3n) is 6.09. The number of hydrogen-bond acceptors (Lipinski definition) is 4. The number of sulfonamides is 1. The molecule has 4 atom stereocenters. The van der Waals surface area contributed by atoms with Gasteiger partial charge in [-0.05, 0) is 80.5 Å². The Morgan fingerprint density at radius 3 is 2.61 bits per heavy atom. The van der Waals surface area contributed by atoms with E-state index < -0.39 is 16.0 Å². The molecule has 2 bridgehead atoms. The third kappa shape index (κ3) is 4.94. The highest BCUT2D eigenvalue weighted by Crippen LogP contribution is 2.50. The number of allylic oxidation sites excluding steroid dienone is 2. The molecule has 28 heavy (non-hydrogen) atoms. The Balaban J connectivity index is 1.62. The Morgan fingerprint density at radius 1 is 1.21 bits per heavy atom. The Kier molecular flexibility index (Phi) is 6.78. The van der Waals surface area contributed by atoms with Crippen molar-refractivity contribution in [1.29, 1.82) is 0 Å². The predicted octanol–water partition coefficient (Wildman–Crippen LogP) is 3.59. The van der Waals surface area contributed by atoms with Crippen LogP contribution in [0.2, 0.25) is 0 Å². The fourth-order valence-corrected chi connectivity index (χ4v) is 6.03. The molecule has 2 aliphatic rings. The van der Waals surface area contributed by atoms with E-state index in [0.717, 1.165) is 25.7 Å². The molecule has 1 aromatic rings. The van der Waals surface area contributed by atoms with Crippen LogP contribution in [0.25, 0.3) is 0 Å². The molecule has 0 radical (unpaired) electrons. The molecule has 2 aliphatic carbocycles. The van der Waals surface area contributed by atoms with Crippen LogP contribution < -0.4 is 9.46 Å². The number of aliphatic carboxylic acids is 1. The lowest BCUT2D eigenvalue weighted by molar-refractivity contribution is -0.137. The van der Waals surface area contributed by atoms with Crippen molar-refractivity contribution in [2.24, 2.45) is 17.8 Å². The van der Waals surface area contributed by atoms with E-state index in [1.807, 2.05) is 6.08 Å². The Hall–Kier alpha value is -1.86. The van der Waals surface area contributed by atoms with E-state index in [1.165, 1.54) is 6.42 Å². The lowest BCUT2D eigenvalue weighted by atomic mass is 9.83. The lowest BCUT2D eigenvalue weighted by Crippen LogP contribution is -2.43. The molecule has 2 saturated carbocycles. The predicted molar refractivity (Wildman–Crippen MR) is 107 cm³/mol. The molecular weight excluding hydrogens is 378 g/mol. The molecule has 3 rings (SSSR count). The van der Waals surface area contributed by atoms with Gasteiger partial charge < -0.3 is 9.84 Å². The summed E-state index contributed by atoms with van der Waals surface area (Å²) < 4.78 is 33.8. The van der Waals surface area contributed by atoms with Gasteiger partial charge >= 0.3 is 5.97 Å². The van der Waals surface area contributed by atoms with E-state index in [4.69, 9.17) is 9.84 Å². The number of hydrogen-bond donors (Lipinski definition) is 2. The molecule has 2 fully saturated rings. The first-order chi connectivity index (χ1) is 13.4. The summed E-state index contributed by atoms with van der Waals surface area (Å²) in [4.78, 5) is 10.8. The second-order valence-electron chi connectivity index (χ2n) is 7.81. The number of carbonyl (C=O) groups is 1. The summed E-state index contributed by atoms with van der Waals surface area (Å²) >= 11 is 0. The Labute approximate surface area is 167 Å². The standard InChI is InChI=1S/C21H29NO5S/c1-27-17-10-12-18(13-11-17)28(25,26)22-21-16-9-8-15(14-16)19(21)6-4-2-3-5-7-20(23)24/h2,4,10-13,15-16,19,21-22H,3,5-9,14H2,1H3,(H,23,24)/b4-2-/t15-,16+,19+,21+/m0/s1. The topological polar surface area (TPSA) is 92.7 Å². The third-order valence-corrected chi connectivity index (χ3v) is 7.56. The zero-order chi connectivity index (χ0) is 20.1. The molecule has 6 nitrogen and oxygen atoms in total. The van der Waals surface area contributed by atoms with Crippen molar-refractivity contribution >= 4 is 16.0 Å². The zero-order valence-electron chi connectivity index (χ0n) is 16.2. The van der Waals surface area contributed by atoms with E-state index in [-0.39, 0.29) is 17.4 Å². The molecule has 0 saturated heterocycles. The normalized spacial score (nSPS) is 26.8. The summed E-state index contributed by atoms with van der Waals surface area (Å²) in [6.07, 6.45) is 9.87. The van der Waals surface area contributed by atoms with Crippen LogP contribution in [-0.4, -0.2) is 32.6 Å². The van der Waals surface area contributed by atoms with E-state index >= 15 is 0 Å². The van der Waals surface area contributed by atoms with Crippen molar-refractivity contribution in [3.8, 4) is 5.75 Å². The minimum atomic E-state index is -3.57. The molecule has 0 amide bonds. The van der Waals surface area contributed by atoms with Crippen LogP contribution in [0.15, 0.2) is 41.3 Å². The smallest absolute Gasteiger partial charge is 0.303 e. The SMILES string of the molecule is COc1ccc(S(=O)(=O)N[C@@H]2[C@@H]3CC[C@@H](C3)[C@H]2C/C=C\CCCC(=O)O)cc1. The minimum absolute atomic E-state index is 0.0329. The van der Waals surface area contributed by atoms with Crippen LogP contribution in [0.1, 0.15) is 44.9 Å². The molecule has 0 unspecified atom stereocenters. The first-order valence-electron chi connectivity index (χ1n) is 9.94. The van der Waals surface area contributed by atoms with Crippen molar-refractivity contribution in [2.75, 3.05) is 7.11 Å². The fourth-order valence-electron chi connectivity index (χ4n) is 4.68. The fraction of sp³-hybridized carbons (Fsp3) is 0.571. The van der Waals surface area contributed by atoms with Crippen molar-refractivity contribution in [2.45, 2.75) is 55.9 Å². The summed E-state index contributed by atoms with van der Waals surface area (Å²) in [5, 5.41) is 8.68. The van der Waals surface area contributed by atoms with Crippen LogP contribution in [0.3, 0.4) is 0 Å². The quantitative estimate of drug-likeness (QED) is 0.457. The highest BCUT2D eigenvalue weighted by Gasteiger charge is 2.48. The monoisotopic (exact) mass is 407 g/mol. The number of unbranched alkanes of at least 4 members (excludes halogenated alkanes) is 1. The average Bonchev–Trinajstić information content (AvgIpc) is 3.26. The highest BCUT2D eigenvalue weighted by molar-refractivity contribution is 7.89. The van der Waals surface area contributed by atoms with Gasteiger partial charge in [-0.25, -0.2) is 13.1 Å². The van der Waals surface area contributed by atoms with Crippen LogP contribution >= 0.6 is 0 Å². The largest absolute Gasteiger partial charge is 0.497 e. The first-order valence-corrected chi connectivity index (χ1v) is 11.4. The van der Waals surface area contributed by atoms with Crippen molar-refractivity contribution in [1.82, 2.24) is 4.72 Å². The van der Waals surface area contributed by atoms with E-state index in [1.54, 1.807) is 31.4 Å². The molecule has 154 valence electrons. The van der Waals surface area contributed by atoms with Crippen molar-refractivity contribution in [3.05, 3.63) is 36.4 Å². The van der Waals surface area contributed by atoms with Gasteiger partial charge in [0.2, 0.25) is 10.0 Å². The van der Waals surface area contributed by atoms with Crippen LogP contribution in [0.5, 0.6) is 5.75 Å². The van der Waals surface area contributed by atoms with Gasteiger partial charge in [0.25, 0.3) is 0 Å². The summed E-state index contributed by atoms with van der Waals surface area (Å²) in [5.41, 5.74) is 0. The Bertz CT molecular complexity index is 803. The van der Waals surface area contributed by atoms with Crippen molar-refractivity contribution in [3.63, 3.8) is 0 Å². The average molecular weight is 408 g/mol. The molecule has 2 N–H and O–H groups in total. The van der Waals surface area contributed by atoms with Gasteiger partial charge in [-0.15, -0.1) is 0 Å². The summed E-state index contributed by atoms with van der Waals surface area (Å²) in [7, 11) is -2.02. The van der Waals surface area contributed by atoms with Crippen molar-refractivity contribution < 1.29 is 23.1 Å². The number of methoxy groups -OCH3 is 1. The van der Waals surface area contributed by atoms with E-state index in [2.05, 4.69) is 10.8 Å². The molecule has 0 aliphatic heterocycles. The van der Waals surface area contributed by atoms with Crippen LogP contribution in [-0.2, 0) is 14.8 Å². The van der Waals surface area contributed by atoms with Gasteiger partial charge in [0.15, 0.2) is 0 Å².